The number of ether oxygens (including phenoxy) is 2. The number of fused-ring (bicyclic) bond motifs is 4. The maximum absolute atomic E-state index is 13.7. The van der Waals surface area contributed by atoms with Crippen LogP contribution in [0.1, 0.15) is 46.1 Å². The Kier molecular flexibility index (Phi) is 5.66. The van der Waals surface area contributed by atoms with E-state index in [0.717, 1.165) is 46.2 Å². The second-order valence-electron chi connectivity index (χ2n) is 8.98. The summed E-state index contributed by atoms with van der Waals surface area (Å²) in [6.07, 6.45) is 5.77. The zero-order valence-electron chi connectivity index (χ0n) is 19.2. The Morgan fingerprint density at radius 2 is 2.03 bits per heavy atom. The molecule has 0 unspecified atom stereocenters. The van der Waals surface area contributed by atoms with Crippen molar-refractivity contribution in [1.82, 2.24) is 19.4 Å². The average molecular weight is 538 g/mol. The number of hydrogen-bond acceptors (Lipinski definition) is 6. The number of H-pyrrole nitrogens is 1. The predicted molar refractivity (Wildman–Crippen MR) is 134 cm³/mol. The van der Waals surface area contributed by atoms with Gasteiger partial charge in [-0.25, -0.2) is 9.97 Å². The summed E-state index contributed by atoms with van der Waals surface area (Å²) in [6.45, 7) is 2.16. The molecular weight excluding hydrogens is 514 g/mol. The van der Waals surface area contributed by atoms with Crippen molar-refractivity contribution in [2.75, 3.05) is 31.8 Å². The summed E-state index contributed by atoms with van der Waals surface area (Å²) in [5.74, 6) is 1.56. The molecule has 0 saturated carbocycles. The number of imidazole rings is 1. The Morgan fingerprint density at radius 1 is 1.20 bits per heavy atom. The molecule has 0 spiro atoms. The number of aromatic amines is 1. The van der Waals surface area contributed by atoms with Crippen molar-refractivity contribution >= 4 is 44.2 Å². The number of rotatable bonds is 4. The zero-order chi connectivity index (χ0) is 24.1. The second-order valence-corrected chi connectivity index (χ2v) is 9.90. The van der Waals surface area contributed by atoms with Gasteiger partial charge in [-0.2, -0.15) is 0 Å². The second kappa shape index (κ2) is 8.85. The number of amides is 1. The topological polar surface area (TPSA) is 102 Å². The highest BCUT2D eigenvalue weighted by Gasteiger charge is 2.29. The molecule has 6 rings (SSSR count). The van der Waals surface area contributed by atoms with Gasteiger partial charge < -0.3 is 14.5 Å². The number of pyridine rings is 1. The Morgan fingerprint density at radius 3 is 2.83 bits per heavy atom. The van der Waals surface area contributed by atoms with E-state index in [4.69, 9.17) is 9.47 Å². The van der Waals surface area contributed by atoms with Gasteiger partial charge in [0.15, 0.2) is 0 Å². The maximum atomic E-state index is 13.7. The summed E-state index contributed by atoms with van der Waals surface area (Å²) >= 11 is 3.45. The summed E-state index contributed by atoms with van der Waals surface area (Å²) in [7, 11) is 1.61. The van der Waals surface area contributed by atoms with Crippen molar-refractivity contribution in [2.45, 2.75) is 31.8 Å². The minimum Gasteiger partial charge on any atom is -0.381 e. The number of nitrogens with one attached hydrogen (secondary N) is 1. The van der Waals surface area contributed by atoms with Crippen LogP contribution in [0, 0.1) is 0 Å². The number of nitrogens with zero attached hydrogens (tertiary/aromatic N) is 4. The number of anilines is 1. The van der Waals surface area contributed by atoms with Crippen LogP contribution in [0.4, 0.5) is 5.82 Å². The van der Waals surface area contributed by atoms with Crippen LogP contribution in [-0.2, 0) is 22.5 Å². The molecule has 0 atom stereocenters. The summed E-state index contributed by atoms with van der Waals surface area (Å²) < 4.78 is 13.8. The first kappa shape index (κ1) is 22.4. The van der Waals surface area contributed by atoms with Crippen LogP contribution in [-0.4, -0.2) is 52.1 Å². The Labute approximate surface area is 209 Å². The fraction of sp³-hybridized carbons (Fsp3) is 0.360. The van der Waals surface area contributed by atoms with Crippen molar-refractivity contribution < 1.29 is 14.3 Å². The van der Waals surface area contributed by atoms with E-state index in [1.165, 1.54) is 0 Å². The van der Waals surface area contributed by atoms with Gasteiger partial charge in [0, 0.05) is 49.0 Å². The monoisotopic (exact) mass is 537 g/mol. The molecule has 4 aromatic rings. The van der Waals surface area contributed by atoms with Crippen LogP contribution in [0.2, 0.25) is 0 Å². The molecular formula is C25H24BrN5O4. The van der Waals surface area contributed by atoms with E-state index in [9.17, 15) is 9.59 Å². The van der Waals surface area contributed by atoms with Crippen LogP contribution in [0.3, 0.4) is 0 Å². The number of hydrogen-bond donors (Lipinski definition) is 1. The first-order valence-electron chi connectivity index (χ1n) is 11.6. The van der Waals surface area contributed by atoms with Gasteiger partial charge in [0.05, 0.1) is 23.8 Å². The fourth-order valence-electron chi connectivity index (χ4n) is 5.18. The van der Waals surface area contributed by atoms with Crippen LogP contribution in [0.25, 0.3) is 16.6 Å². The molecule has 35 heavy (non-hydrogen) atoms. The summed E-state index contributed by atoms with van der Waals surface area (Å²) in [4.78, 5) is 40.5. The smallest absolute Gasteiger partial charge is 0.274 e. The molecule has 2 aliphatic rings. The molecule has 1 amide bonds. The number of aromatic nitrogens is 4. The van der Waals surface area contributed by atoms with E-state index < -0.39 is 0 Å². The largest absolute Gasteiger partial charge is 0.381 e. The lowest BCUT2D eigenvalue weighted by atomic mass is 9.99. The zero-order valence-corrected chi connectivity index (χ0v) is 20.8. The van der Waals surface area contributed by atoms with Gasteiger partial charge in [-0.15, -0.1) is 0 Å². The average Bonchev–Trinajstić information content (AvgIpc) is 3.49. The number of benzene rings is 1. The molecule has 1 saturated heterocycles. The van der Waals surface area contributed by atoms with E-state index in [0.29, 0.717) is 42.2 Å². The third kappa shape index (κ3) is 3.76. The van der Waals surface area contributed by atoms with Crippen molar-refractivity contribution in [3.8, 4) is 0 Å². The van der Waals surface area contributed by atoms with Crippen LogP contribution >= 0.6 is 15.9 Å². The summed E-state index contributed by atoms with van der Waals surface area (Å²) in [5.41, 5.74) is 3.89. The van der Waals surface area contributed by atoms with Gasteiger partial charge in [-0.1, -0.05) is 0 Å². The van der Waals surface area contributed by atoms with Crippen molar-refractivity contribution in [1.29, 1.82) is 0 Å². The quantitative estimate of drug-likeness (QED) is 0.427. The lowest BCUT2D eigenvalue weighted by Gasteiger charge is -2.22. The van der Waals surface area contributed by atoms with Gasteiger partial charge in [-0.3, -0.25) is 18.9 Å². The normalized spacial score (nSPS) is 16.3. The van der Waals surface area contributed by atoms with Crippen molar-refractivity contribution in [3.63, 3.8) is 0 Å². The van der Waals surface area contributed by atoms with Gasteiger partial charge in [-0.05, 0) is 64.5 Å². The Bertz CT molecular complexity index is 1520. The standard InChI is InChI=1S/C25H24BrN5O4/c1-34-13-16-9-20-19(10-18(16)25(33)30-5-2-15-8-17(26)11-27-22(15)30)29-24(32)21-12-28-23(31(20)21)14-3-6-35-7-4-14/h8-12,14H,2-7,13H2,1H3,(H,29,32). The highest BCUT2D eigenvalue weighted by atomic mass is 79.9. The molecule has 1 aromatic carbocycles. The first-order valence-corrected chi connectivity index (χ1v) is 12.4. The lowest BCUT2D eigenvalue weighted by Crippen LogP contribution is -2.30. The van der Waals surface area contributed by atoms with E-state index >= 15 is 0 Å². The Hall–Kier alpha value is -3.08. The van der Waals surface area contributed by atoms with Crippen LogP contribution < -0.4 is 10.5 Å². The minimum atomic E-state index is -0.237. The molecule has 3 aromatic heterocycles. The molecule has 10 heteroatoms. The van der Waals surface area contributed by atoms with Crippen LogP contribution in [0.5, 0.6) is 0 Å². The fourth-order valence-corrected chi connectivity index (χ4v) is 5.56. The van der Waals surface area contributed by atoms with Crippen LogP contribution in [0.15, 0.2) is 39.9 Å². The van der Waals surface area contributed by atoms with Gasteiger partial charge in [0.2, 0.25) is 0 Å². The van der Waals surface area contributed by atoms with Gasteiger partial charge >= 0.3 is 0 Å². The minimum absolute atomic E-state index is 0.163. The Balaban J connectivity index is 1.51. The highest BCUT2D eigenvalue weighted by molar-refractivity contribution is 9.10. The number of carbonyl (C=O) groups is 1. The first-order chi connectivity index (χ1) is 17.0. The summed E-state index contributed by atoms with van der Waals surface area (Å²) in [5, 5.41) is 0. The molecule has 5 heterocycles. The molecule has 9 nitrogen and oxygen atoms in total. The van der Waals surface area contributed by atoms with Crippen molar-refractivity contribution in [2.24, 2.45) is 0 Å². The van der Waals surface area contributed by atoms with Gasteiger partial charge in [0.25, 0.3) is 11.5 Å². The number of methoxy groups -OCH3 is 1. The van der Waals surface area contributed by atoms with E-state index in [1.807, 2.05) is 16.5 Å². The number of carbonyl (C=O) groups excluding carboxylic acids is 1. The number of halogens is 1. The van der Waals surface area contributed by atoms with Gasteiger partial charge in [0.1, 0.15) is 17.2 Å². The third-order valence-corrected chi connectivity index (χ3v) is 7.30. The van der Waals surface area contributed by atoms with E-state index in [2.05, 4.69) is 30.9 Å². The summed E-state index contributed by atoms with van der Waals surface area (Å²) in [6, 6.07) is 5.69. The highest BCUT2D eigenvalue weighted by Crippen LogP contribution is 2.32. The molecule has 1 fully saturated rings. The van der Waals surface area contributed by atoms with Crippen molar-refractivity contribution in [3.05, 3.63) is 67.9 Å². The third-order valence-electron chi connectivity index (χ3n) is 6.86. The predicted octanol–water partition coefficient (Wildman–Crippen LogP) is 3.58. The molecule has 0 radical (unpaired) electrons. The molecule has 0 bridgehead atoms. The molecule has 1 N–H and O–H groups in total. The molecule has 0 aliphatic carbocycles. The molecule has 2 aliphatic heterocycles. The SMILES string of the molecule is COCc1cc2c(cc1C(=O)N1CCc3cc(Br)cnc31)[nH]c(=O)c1cnc(C3CCOCC3)n12. The molecule has 180 valence electrons. The maximum Gasteiger partial charge on any atom is 0.274 e. The van der Waals surface area contributed by atoms with E-state index in [-0.39, 0.29) is 24.0 Å². The lowest BCUT2D eigenvalue weighted by molar-refractivity contribution is 0.0835. The van der Waals surface area contributed by atoms with E-state index in [1.54, 1.807) is 30.5 Å².